The molecule has 0 heterocycles. The van der Waals surface area contributed by atoms with Crippen LogP contribution in [0.2, 0.25) is 0 Å². The predicted octanol–water partition coefficient (Wildman–Crippen LogP) is 4.47. The van der Waals surface area contributed by atoms with Crippen LogP contribution in [-0.4, -0.2) is 12.1 Å². The van der Waals surface area contributed by atoms with Gasteiger partial charge in [0, 0.05) is 16.6 Å². The van der Waals surface area contributed by atoms with Crippen molar-refractivity contribution < 1.29 is 0 Å². The third kappa shape index (κ3) is 2.80. The lowest BCUT2D eigenvalue weighted by atomic mass is 9.75. The molecule has 0 aromatic heterocycles. The van der Waals surface area contributed by atoms with Gasteiger partial charge in [-0.2, -0.15) is 0 Å². The zero-order chi connectivity index (χ0) is 12.5. The normalized spacial score (nSPS) is 35.4. The van der Waals surface area contributed by atoms with Crippen molar-refractivity contribution in [3.05, 3.63) is 34.3 Å². The second-order valence-electron chi connectivity index (χ2n) is 6.20. The van der Waals surface area contributed by atoms with Crippen LogP contribution < -0.4 is 5.32 Å². The quantitative estimate of drug-likeness (QED) is 0.868. The fraction of sp³-hybridized carbons (Fsp3) is 0.625. The molecule has 3 rings (SSSR count). The summed E-state index contributed by atoms with van der Waals surface area (Å²) >= 11 is 3.50. The fourth-order valence-corrected chi connectivity index (χ4v) is 3.72. The first-order valence-electron chi connectivity index (χ1n) is 7.22. The van der Waals surface area contributed by atoms with E-state index in [-0.39, 0.29) is 0 Å². The third-order valence-electron chi connectivity index (χ3n) is 4.65. The number of halogens is 1. The van der Waals surface area contributed by atoms with Gasteiger partial charge in [-0.25, -0.2) is 0 Å². The Morgan fingerprint density at radius 1 is 1.00 bits per heavy atom. The van der Waals surface area contributed by atoms with Gasteiger partial charge in [-0.1, -0.05) is 35.0 Å². The van der Waals surface area contributed by atoms with Gasteiger partial charge in [0.05, 0.1) is 0 Å². The Kier molecular flexibility index (Phi) is 3.76. The Morgan fingerprint density at radius 3 is 2.33 bits per heavy atom. The third-order valence-corrected chi connectivity index (χ3v) is 5.17. The van der Waals surface area contributed by atoms with Crippen molar-refractivity contribution >= 4 is 15.9 Å². The molecule has 1 aromatic carbocycles. The van der Waals surface area contributed by atoms with Gasteiger partial charge in [-0.3, -0.25) is 0 Å². The van der Waals surface area contributed by atoms with Crippen LogP contribution in [0.15, 0.2) is 28.7 Å². The van der Waals surface area contributed by atoms with Crippen molar-refractivity contribution in [2.24, 2.45) is 5.92 Å². The van der Waals surface area contributed by atoms with Crippen LogP contribution in [0.1, 0.15) is 50.5 Å². The van der Waals surface area contributed by atoms with Gasteiger partial charge in [-0.15, -0.1) is 0 Å². The molecule has 18 heavy (non-hydrogen) atoms. The van der Waals surface area contributed by atoms with E-state index in [2.05, 4.69) is 52.4 Å². The van der Waals surface area contributed by atoms with E-state index in [0.29, 0.717) is 0 Å². The van der Waals surface area contributed by atoms with Crippen molar-refractivity contribution in [1.29, 1.82) is 0 Å². The van der Waals surface area contributed by atoms with Gasteiger partial charge < -0.3 is 5.32 Å². The standard InChI is InChI=1S/C16H22BrN/c1-11-2-7-15(8-11)18-16-9-13(10-16)12-3-5-14(17)6-4-12/h3-6,11,13,15-16,18H,2,7-10H2,1H3. The predicted molar refractivity (Wildman–Crippen MR) is 79.8 cm³/mol. The second kappa shape index (κ2) is 5.34. The summed E-state index contributed by atoms with van der Waals surface area (Å²) < 4.78 is 1.18. The number of benzene rings is 1. The topological polar surface area (TPSA) is 12.0 Å². The van der Waals surface area contributed by atoms with Crippen LogP contribution in [0.3, 0.4) is 0 Å². The molecule has 2 saturated carbocycles. The average molecular weight is 308 g/mol. The first kappa shape index (κ1) is 12.7. The molecule has 1 nitrogen and oxygen atoms in total. The highest BCUT2D eigenvalue weighted by molar-refractivity contribution is 9.10. The highest BCUT2D eigenvalue weighted by Crippen LogP contribution is 2.38. The zero-order valence-electron chi connectivity index (χ0n) is 11.0. The molecule has 0 amide bonds. The first-order chi connectivity index (χ1) is 8.70. The largest absolute Gasteiger partial charge is 0.311 e. The summed E-state index contributed by atoms with van der Waals surface area (Å²) in [7, 11) is 0. The molecule has 2 aliphatic rings. The van der Waals surface area contributed by atoms with Crippen LogP contribution in [0, 0.1) is 5.92 Å². The van der Waals surface area contributed by atoms with Crippen molar-refractivity contribution in [1.82, 2.24) is 5.32 Å². The van der Waals surface area contributed by atoms with E-state index in [9.17, 15) is 0 Å². The molecule has 0 bridgehead atoms. The van der Waals surface area contributed by atoms with Crippen LogP contribution >= 0.6 is 15.9 Å². The van der Waals surface area contributed by atoms with Crippen LogP contribution in [0.4, 0.5) is 0 Å². The number of hydrogen-bond acceptors (Lipinski definition) is 1. The molecular formula is C16H22BrN. The lowest BCUT2D eigenvalue weighted by Crippen LogP contribution is -2.44. The Morgan fingerprint density at radius 2 is 1.72 bits per heavy atom. The molecule has 1 aromatic rings. The van der Waals surface area contributed by atoms with Crippen molar-refractivity contribution in [3.8, 4) is 0 Å². The minimum absolute atomic E-state index is 0.772. The van der Waals surface area contributed by atoms with E-state index < -0.39 is 0 Å². The van der Waals surface area contributed by atoms with E-state index in [1.54, 1.807) is 0 Å². The van der Waals surface area contributed by atoms with E-state index in [4.69, 9.17) is 0 Å². The lowest BCUT2D eigenvalue weighted by molar-refractivity contribution is 0.263. The average Bonchev–Trinajstić information content (AvgIpc) is 2.71. The minimum atomic E-state index is 0.772. The second-order valence-corrected chi connectivity index (χ2v) is 7.11. The Balaban J connectivity index is 1.47. The minimum Gasteiger partial charge on any atom is -0.311 e. The van der Waals surface area contributed by atoms with Crippen LogP contribution in [0.5, 0.6) is 0 Å². The molecule has 2 aliphatic carbocycles. The van der Waals surface area contributed by atoms with Gasteiger partial charge in [0.2, 0.25) is 0 Å². The summed E-state index contributed by atoms with van der Waals surface area (Å²) in [4.78, 5) is 0. The molecule has 2 heteroatoms. The van der Waals surface area contributed by atoms with Crippen LogP contribution in [-0.2, 0) is 0 Å². The van der Waals surface area contributed by atoms with Gasteiger partial charge in [0.1, 0.15) is 0 Å². The Bertz CT molecular complexity index is 394. The van der Waals surface area contributed by atoms with Crippen molar-refractivity contribution in [2.75, 3.05) is 0 Å². The Hall–Kier alpha value is -0.340. The molecule has 98 valence electrons. The summed E-state index contributed by atoms with van der Waals surface area (Å²) in [5.41, 5.74) is 1.51. The first-order valence-corrected chi connectivity index (χ1v) is 8.01. The fourth-order valence-electron chi connectivity index (χ4n) is 3.45. The lowest BCUT2D eigenvalue weighted by Gasteiger charge is -2.38. The summed E-state index contributed by atoms with van der Waals surface area (Å²) in [6.07, 6.45) is 6.85. The Labute approximate surface area is 118 Å². The smallest absolute Gasteiger partial charge is 0.0175 e. The monoisotopic (exact) mass is 307 g/mol. The van der Waals surface area contributed by atoms with E-state index in [0.717, 1.165) is 23.9 Å². The molecule has 0 aliphatic heterocycles. The zero-order valence-corrected chi connectivity index (χ0v) is 12.6. The summed E-state index contributed by atoms with van der Waals surface area (Å²) in [5, 5.41) is 3.85. The summed E-state index contributed by atoms with van der Waals surface area (Å²) in [6.45, 7) is 2.38. The molecule has 0 saturated heterocycles. The molecule has 0 spiro atoms. The molecule has 2 atom stereocenters. The van der Waals surface area contributed by atoms with E-state index in [1.807, 2.05) is 0 Å². The maximum Gasteiger partial charge on any atom is 0.0175 e. The molecule has 2 fully saturated rings. The molecule has 0 radical (unpaired) electrons. The van der Waals surface area contributed by atoms with E-state index >= 15 is 0 Å². The highest BCUT2D eigenvalue weighted by atomic mass is 79.9. The van der Waals surface area contributed by atoms with Gasteiger partial charge >= 0.3 is 0 Å². The van der Waals surface area contributed by atoms with Crippen LogP contribution in [0.25, 0.3) is 0 Å². The van der Waals surface area contributed by atoms with Gasteiger partial charge in [0.15, 0.2) is 0 Å². The van der Waals surface area contributed by atoms with Gasteiger partial charge in [0.25, 0.3) is 0 Å². The van der Waals surface area contributed by atoms with Crippen molar-refractivity contribution in [2.45, 2.75) is 57.0 Å². The number of nitrogens with one attached hydrogen (secondary N) is 1. The number of hydrogen-bond donors (Lipinski definition) is 1. The highest BCUT2D eigenvalue weighted by Gasteiger charge is 2.33. The SMILES string of the molecule is CC1CCC(NC2CC(c3ccc(Br)cc3)C2)C1. The molecule has 2 unspecified atom stereocenters. The van der Waals surface area contributed by atoms with Crippen molar-refractivity contribution in [3.63, 3.8) is 0 Å². The van der Waals surface area contributed by atoms with Gasteiger partial charge in [-0.05, 0) is 61.6 Å². The maximum absolute atomic E-state index is 3.85. The maximum atomic E-state index is 3.85. The van der Waals surface area contributed by atoms with E-state index in [1.165, 1.54) is 42.1 Å². The summed E-state index contributed by atoms with van der Waals surface area (Å²) in [5.74, 6) is 1.72. The summed E-state index contributed by atoms with van der Waals surface area (Å²) in [6, 6.07) is 10.4. The molecular weight excluding hydrogens is 286 g/mol. The number of rotatable bonds is 3. The molecule has 1 N–H and O–H groups in total.